The van der Waals surface area contributed by atoms with Crippen LogP contribution in [0.2, 0.25) is 0 Å². The van der Waals surface area contributed by atoms with Gasteiger partial charge >= 0.3 is 6.01 Å². The number of hydrogen-bond donors (Lipinski definition) is 2. The van der Waals surface area contributed by atoms with Crippen LogP contribution in [-0.4, -0.2) is 22.6 Å². The molecular formula is C15H14N2O3. The van der Waals surface area contributed by atoms with Gasteiger partial charge in [0.25, 0.3) is 5.91 Å². The second-order valence-corrected chi connectivity index (χ2v) is 4.26. The molecule has 0 spiro atoms. The SMILES string of the molecule is Cc1ccc(C(=O)Nc2nc(C)co2)c(C#CCO)c1. The smallest absolute Gasteiger partial charge is 0.301 e. The third-order valence-electron chi connectivity index (χ3n) is 2.56. The van der Waals surface area contributed by atoms with E-state index in [0.717, 1.165) is 5.56 Å². The van der Waals surface area contributed by atoms with Crippen LogP contribution in [-0.2, 0) is 0 Å². The number of aliphatic hydroxyl groups excluding tert-OH is 1. The van der Waals surface area contributed by atoms with Gasteiger partial charge in [-0.3, -0.25) is 10.1 Å². The summed E-state index contributed by atoms with van der Waals surface area (Å²) in [6.07, 6.45) is 1.46. The van der Waals surface area contributed by atoms with Crippen molar-refractivity contribution in [2.75, 3.05) is 11.9 Å². The van der Waals surface area contributed by atoms with E-state index in [9.17, 15) is 4.79 Å². The van der Waals surface area contributed by atoms with Crippen LogP contribution in [0.4, 0.5) is 6.01 Å². The van der Waals surface area contributed by atoms with Gasteiger partial charge in [-0.15, -0.1) is 0 Å². The third kappa shape index (κ3) is 3.25. The van der Waals surface area contributed by atoms with E-state index in [2.05, 4.69) is 22.1 Å². The predicted octanol–water partition coefficient (Wildman–Crippen LogP) is 1.89. The van der Waals surface area contributed by atoms with Crippen molar-refractivity contribution < 1.29 is 14.3 Å². The number of oxazole rings is 1. The van der Waals surface area contributed by atoms with E-state index >= 15 is 0 Å². The predicted molar refractivity (Wildman–Crippen MR) is 74.3 cm³/mol. The molecule has 5 heteroatoms. The molecule has 2 aromatic rings. The summed E-state index contributed by atoms with van der Waals surface area (Å²) < 4.78 is 5.08. The molecule has 0 atom stereocenters. The van der Waals surface area contributed by atoms with Crippen LogP contribution in [0.1, 0.15) is 27.2 Å². The van der Waals surface area contributed by atoms with Crippen molar-refractivity contribution in [2.45, 2.75) is 13.8 Å². The fourth-order valence-corrected chi connectivity index (χ4v) is 1.67. The highest BCUT2D eigenvalue weighted by atomic mass is 16.4. The van der Waals surface area contributed by atoms with Crippen LogP contribution in [0.15, 0.2) is 28.9 Å². The zero-order valence-electron chi connectivity index (χ0n) is 11.2. The molecule has 0 fully saturated rings. The highest BCUT2D eigenvalue weighted by Crippen LogP contribution is 2.14. The molecule has 1 aromatic heterocycles. The maximum absolute atomic E-state index is 12.2. The molecule has 1 heterocycles. The molecule has 0 unspecified atom stereocenters. The molecule has 2 N–H and O–H groups in total. The van der Waals surface area contributed by atoms with Crippen LogP contribution < -0.4 is 5.32 Å². The molecule has 0 aliphatic heterocycles. The maximum Gasteiger partial charge on any atom is 0.301 e. The van der Waals surface area contributed by atoms with Crippen molar-refractivity contribution in [1.82, 2.24) is 4.98 Å². The van der Waals surface area contributed by atoms with E-state index in [4.69, 9.17) is 9.52 Å². The first-order valence-corrected chi connectivity index (χ1v) is 6.04. The number of aromatic nitrogens is 1. The molecule has 0 saturated carbocycles. The number of carbonyl (C=O) groups excluding carboxylic acids is 1. The average Bonchev–Trinajstić information content (AvgIpc) is 2.81. The number of amides is 1. The molecule has 20 heavy (non-hydrogen) atoms. The summed E-state index contributed by atoms with van der Waals surface area (Å²) in [4.78, 5) is 16.2. The Morgan fingerprint density at radius 3 is 2.90 bits per heavy atom. The molecule has 102 valence electrons. The first kappa shape index (κ1) is 13.8. The van der Waals surface area contributed by atoms with Crippen molar-refractivity contribution in [3.63, 3.8) is 0 Å². The number of aryl methyl sites for hydroxylation is 2. The monoisotopic (exact) mass is 270 g/mol. The summed E-state index contributed by atoms with van der Waals surface area (Å²) in [5.74, 6) is 4.95. The molecule has 5 nitrogen and oxygen atoms in total. The quantitative estimate of drug-likeness (QED) is 0.817. The summed E-state index contributed by atoms with van der Waals surface area (Å²) in [6.45, 7) is 3.42. The van der Waals surface area contributed by atoms with E-state index in [1.807, 2.05) is 13.0 Å². The molecule has 1 amide bonds. The molecule has 0 aliphatic rings. The lowest BCUT2D eigenvalue weighted by atomic mass is 10.0. The van der Waals surface area contributed by atoms with Gasteiger partial charge in [0.1, 0.15) is 12.9 Å². The normalized spacial score (nSPS) is 9.75. The number of carbonyl (C=O) groups is 1. The number of aliphatic hydroxyl groups is 1. The number of nitrogens with zero attached hydrogens (tertiary/aromatic N) is 1. The van der Waals surface area contributed by atoms with E-state index in [1.54, 1.807) is 19.1 Å². The van der Waals surface area contributed by atoms with Crippen molar-refractivity contribution >= 4 is 11.9 Å². The van der Waals surface area contributed by atoms with Crippen molar-refractivity contribution in [1.29, 1.82) is 0 Å². The molecule has 0 saturated heterocycles. The highest BCUT2D eigenvalue weighted by molar-refractivity contribution is 6.05. The number of benzene rings is 1. The number of hydrogen-bond acceptors (Lipinski definition) is 4. The molecular weight excluding hydrogens is 256 g/mol. The van der Waals surface area contributed by atoms with Gasteiger partial charge in [-0.05, 0) is 31.5 Å². The summed E-state index contributed by atoms with van der Waals surface area (Å²) in [7, 11) is 0. The van der Waals surface area contributed by atoms with Gasteiger partial charge in [0.2, 0.25) is 0 Å². The summed E-state index contributed by atoms with van der Waals surface area (Å²) >= 11 is 0. The van der Waals surface area contributed by atoms with Crippen molar-refractivity contribution in [2.24, 2.45) is 0 Å². The zero-order chi connectivity index (χ0) is 14.5. The lowest BCUT2D eigenvalue weighted by Gasteiger charge is -2.05. The van der Waals surface area contributed by atoms with Gasteiger partial charge in [-0.1, -0.05) is 17.9 Å². The lowest BCUT2D eigenvalue weighted by molar-refractivity contribution is 0.102. The minimum Gasteiger partial charge on any atom is -0.432 e. The van der Waals surface area contributed by atoms with Gasteiger partial charge in [0.15, 0.2) is 0 Å². The van der Waals surface area contributed by atoms with E-state index in [-0.39, 0.29) is 18.5 Å². The van der Waals surface area contributed by atoms with Gasteiger partial charge in [-0.2, -0.15) is 4.98 Å². The molecule has 2 rings (SSSR count). The van der Waals surface area contributed by atoms with Crippen LogP contribution >= 0.6 is 0 Å². The van der Waals surface area contributed by atoms with E-state index < -0.39 is 0 Å². The van der Waals surface area contributed by atoms with Crippen LogP contribution in [0.5, 0.6) is 0 Å². The first-order chi connectivity index (χ1) is 9.60. The Morgan fingerprint density at radius 2 is 2.25 bits per heavy atom. The second kappa shape index (κ2) is 6.04. The average molecular weight is 270 g/mol. The van der Waals surface area contributed by atoms with Gasteiger partial charge in [0.05, 0.1) is 11.3 Å². The Bertz CT molecular complexity index is 693. The molecule has 0 bridgehead atoms. The zero-order valence-corrected chi connectivity index (χ0v) is 11.2. The van der Waals surface area contributed by atoms with Crippen LogP contribution in [0, 0.1) is 25.7 Å². The third-order valence-corrected chi connectivity index (χ3v) is 2.56. The topological polar surface area (TPSA) is 75.4 Å². The minimum atomic E-state index is -0.353. The number of rotatable bonds is 2. The molecule has 1 aromatic carbocycles. The Hall–Kier alpha value is -2.58. The standard InChI is InChI=1S/C15H14N2O3/c1-10-5-6-13(12(8-10)4-3-7-18)14(19)17-15-16-11(2)9-20-15/h5-6,8-9,18H,7H2,1-2H3,(H,16,17,19). The maximum atomic E-state index is 12.2. The fraction of sp³-hybridized carbons (Fsp3) is 0.200. The largest absolute Gasteiger partial charge is 0.432 e. The van der Waals surface area contributed by atoms with Crippen LogP contribution in [0.25, 0.3) is 0 Å². The molecule has 0 radical (unpaired) electrons. The summed E-state index contributed by atoms with van der Waals surface area (Å²) in [5.41, 5.74) is 2.63. The van der Waals surface area contributed by atoms with Crippen LogP contribution in [0.3, 0.4) is 0 Å². The van der Waals surface area contributed by atoms with Gasteiger partial charge < -0.3 is 9.52 Å². The van der Waals surface area contributed by atoms with E-state index in [1.165, 1.54) is 6.26 Å². The van der Waals surface area contributed by atoms with Crippen molar-refractivity contribution in [3.8, 4) is 11.8 Å². The number of anilines is 1. The number of nitrogens with one attached hydrogen (secondary N) is 1. The van der Waals surface area contributed by atoms with Gasteiger partial charge in [-0.25, -0.2) is 0 Å². The fourth-order valence-electron chi connectivity index (χ4n) is 1.67. The Morgan fingerprint density at radius 1 is 1.45 bits per heavy atom. The Kier molecular flexibility index (Phi) is 4.18. The summed E-state index contributed by atoms with van der Waals surface area (Å²) in [6, 6.07) is 5.44. The first-order valence-electron chi connectivity index (χ1n) is 6.04. The van der Waals surface area contributed by atoms with Crippen molar-refractivity contribution in [3.05, 3.63) is 46.8 Å². The van der Waals surface area contributed by atoms with E-state index in [0.29, 0.717) is 16.8 Å². The molecule has 0 aliphatic carbocycles. The Balaban J connectivity index is 2.29. The highest BCUT2D eigenvalue weighted by Gasteiger charge is 2.13. The van der Waals surface area contributed by atoms with Gasteiger partial charge in [0, 0.05) is 5.56 Å². The minimum absolute atomic E-state index is 0.147. The lowest BCUT2D eigenvalue weighted by Crippen LogP contribution is -2.14. The summed E-state index contributed by atoms with van der Waals surface area (Å²) in [5, 5.41) is 11.3. The Labute approximate surface area is 116 Å². The second-order valence-electron chi connectivity index (χ2n) is 4.26.